The van der Waals surface area contributed by atoms with E-state index in [0.717, 1.165) is 29.5 Å². The lowest BCUT2D eigenvalue weighted by Gasteiger charge is -2.22. The van der Waals surface area contributed by atoms with Gasteiger partial charge >= 0.3 is 0 Å². The molecule has 0 saturated heterocycles. The van der Waals surface area contributed by atoms with Crippen molar-refractivity contribution >= 4 is 11.0 Å². The number of pyridine rings is 2. The number of ether oxygens (including phenoxy) is 1. The molecule has 0 spiro atoms. The number of fused-ring (bicyclic) bond motifs is 2. The Morgan fingerprint density at radius 1 is 1.23 bits per heavy atom. The summed E-state index contributed by atoms with van der Waals surface area (Å²) in [5, 5.41) is 12.6. The SMILES string of the molecule is C[C@H]1CCn2nc(-c3ccc(F)cn3)c(-c3ccnc4[nH]ncc34)c2O1. The van der Waals surface area contributed by atoms with Crippen molar-refractivity contribution in [3.05, 3.63) is 42.6 Å². The normalized spacial score (nSPS) is 16.5. The molecule has 1 N–H and O–H groups in total. The van der Waals surface area contributed by atoms with Crippen molar-refractivity contribution < 1.29 is 9.13 Å². The lowest BCUT2D eigenvalue weighted by atomic mass is 10.0. The van der Waals surface area contributed by atoms with E-state index in [4.69, 9.17) is 9.84 Å². The largest absolute Gasteiger partial charge is 0.474 e. The highest BCUT2D eigenvalue weighted by Crippen LogP contribution is 2.42. The topological polar surface area (TPSA) is 81.5 Å². The zero-order valence-corrected chi connectivity index (χ0v) is 14.0. The van der Waals surface area contributed by atoms with E-state index >= 15 is 0 Å². The van der Waals surface area contributed by atoms with Gasteiger partial charge in [0, 0.05) is 30.1 Å². The molecule has 0 bridgehead atoms. The van der Waals surface area contributed by atoms with Crippen LogP contribution in [0.1, 0.15) is 13.3 Å². The monoisotopic (exact) mass is 350 g/mol. The Morgan fingerprint density at radius 2 is 2.15 bits per heavy atom. The summed E-state index contributed by atoms with van der Waals surface area (Å²) < 4.78 is 21.3. The molecule has 0 saturated carbocycles. The van der Waals surface area contributed by atoms with Gasteiger partial charge in [0.1, 0.15) is 11.5 Å². The summed E-state index contributed by atoms with van der Waals surface area (Å²) >= 11 is 0. The fourth-order valence-corrected chi connectivity index (χ4v) is 3.28. The number of aromatic nitrogens is 6. The predicted octanol–water partition coefficient (Wildman–Crippen LogP) is 3.19. The number of aromatic amines is 1. The molecule has 0 aromatic carbocycles. The second kappa shape index (κ2) is 5.62. The van der Waals surface area contributed by atoms with Crippen LogP contribution in [-0.2, 0) is 6.54 Å². The van der Waals surface area contributed by atoms with Gasteiger partial charge in [-0.25, -0.2) is 14.1 Å². The van der Waals surface area contributed by atoms with Crippen LogP contribution in [0.2, 0.25) is 0 Å². The van der Waals surface area contributed by atoms with Gasteiger partial charge in [-0.3, -0.25) is 10.1 Å². The fraction of sp³-hybridized carbons (Fsp3) is 0.222. The first-order chi connectivity index (χ1) is 12.7. The van der Waals surface area contributed by atoms with Gasteiger partial charge in [0.15, 0.2) is 5.65 Å². The van der Waals surface area contributed by atoms with E-state index in [1.165, 1.54) is 12.3 Å². The Kier molecular flexibility index (Phi) is 3.24. The van der Waals surface area contributed by atoms with Gasteiger partial charge in [0.05, 0.1) is 29.8 Å². The van der Waals surface area contributed by atoms with Crippen LogP contribution in [0, 0.1) is 5.82 Å². The molecule has 1 atom stereocenters. The molecule has 4 aromatic heterocycles. The van der Waals surface area contributed by atoms with Gasteiger partial charge in [0.25, 0.3) is 0 Å². The van der Waals surface area contributed by atoms with E-state index < -0.39 is 0 Å². The molecule has 0 amide bonds. The summed E-state index contributed by atoms with van der Waals surface area (Å²) in [6, 6.07) is 4.92. The minimum Gasteiger partial charge on any atom is -0.474 e. The van der Waals surface area contributed by atoms with Gasteiger partial charge < -0.3 is 4.74 Å². The minimum absolute atomic E-state index is 0.0913. The molecule has 0 unspecified atom stereocenters. The average Bonchev–Trinajstić information content (AvgIpc) is 3.26. The standard InChI is InChI=1S/C18H15FN6O/c1-10-5-7-25-18(26-10)15(12-4-6-20-17-13(12)9-22-23-17)16(24-25)14-3-2-11(19)8-21-14/h2-4,6,8-10H,5,7H2,1H3,(H,20,22,23)/t10-/m0/s1. The molecule has 0 aliphatic carbocycles. The molecule has 0 radical (unpaired) electrons. The average molecular weight is 350 g/mol. The number of rotatable bonds is 2. The summed E-state index contributed by atoms with van der Waals surface area (Å²) in [7, 11) is 0. The second-order valence-corrected chi connectivity index (χ2v) is 6.32. The van der Waals surface area contributed by atoms with Crippen LogP contribution in [0.3, 0.4) is 0 Å². The van der Waals surface area contributed by atoms with Crippen LogP contribution in [0.25, 0.3) is 33.5 Å². The van der Waals surface area contributed by atoms with Gasteiger partial charge in [-0.2, -0.15) is 10.2 Å². The Bertz CT molecular complexity index is 1100. The molecule has 130 valence electrons. The van der Waals surface area contributed by atoms with Crippen molar-refractivity contribution in [2.45, 2.75) is 26.0 Å². The van der Waals surface area contributed by atoms with Crippen LogP contribution < -0.4 is 4.74 Å². The molecular formula is C18H15FN6O. The Hall–Kier alpha value is -3.29. The Morgan fingerprint density at radius 3 is 3.00 bits per heavy atom. The van der Waals surface area contributed by atoms with Crippen LogP contribution in [-0.4, -0.2) is 36.0 Å². The molecule has 7 nitrogen and oxygen atoms in total. The van der Waals surface area contributed by atoms with Gasteiger partial charge in [0.2, 0.25) is 5.88 Å². The van der Waals surface area contributed by atoms with Gasteiger partial charge in [-0.1, -0.05) is 0 Å². The van der Waals surface area contributed by atoms with E-state index in [0.29, 0.717) is 22.9 Å². The van der Waals surface area contributed by atoms with Crippen molar-refractivity contribution in [2.75, 3.05) is 0 Å². The zero-order chi connectivity index (χ0) is 17.7. The van der Waals surface area contributed by atoms with Crippen molar-refractivity contribution in [2.24, 2.45) is 0 Å². The molecule has 5 rings (SSSR count). The molecule has 4 aromatic rings. The highest BCUT2D eigenvalue weighted by atomic mass is 19.1. The summed E-state index contributed by atoms with van der Waals surface area (Å²) in [5.74, 6) is 0.309. The smallest absolute Gasteiger partial charge is 0.220 e. The van der Waals surface area contributed by atoms with E-state index in [9.17, 15) is 4.39 Å². The first kappa shape index (κ1) is 15.0. The van der Waals surface area contributed by atoms with E-state index in [-0.39, 0.29) is 11.9 Å². The van der Waals surface area contributed by atoms with Gasteiger partial charge in [-0.05, 0) is 25.1 Å². The first-order valence-electron chi connectivity index (χ1n) is 8.38. The van der Waals surface area contributed by atoms with E-state index in [1.54, 1.807) is 18.5 Å². The zero-order valence-electron chi connectivity index (χ0n) is 14.0. The Balaban J connectivity index is 1.81. The summed E-state index contributed by atoms with van der Waals surface area (Å²) in [6.07, 6.45) is 5.61. The van der Waals surface area contributed by atoms with Crippen LogP contribution >= 0.6 is 0 Å². The molecule has 8 heteroatoms. The number of nitrogens with zero attached hydrogens (tertiary/aromatic N) is 5. The maximum absolute atomic E-state index is 13.3. The number of hydrogen-bond acceptors (Lipinski definition) is 5. The van der Waals surface area contributed by atoms with Crippen molar-refractivity contribution in [3.8, 4) is 28.4 Å². The third-order valence-electron chi connectivity index (χ3n) is 4.56. The van der Waals surface area contributed by atoms with Crippen LogP contribution in [0.5, 0.6) is 5.88 Å². The molecule has 1 aliphatic heterocycles. The third-order valence-corrected chi connectivity index (χ3v) is 4.56. The third kappa shape index (κ3) is 2.26. The maximum atomic E-state index is 13.3. The van der Waals surface area contributed by atoms with Crippen molar-refractivity contribution in [3.63, 3.8) is 0 Å². The Labute approximate surface area is 147 Å². The lowest BCUT2D eigenvalue weighted by Crippen LogP contribution is -2.23. The molecule has 1 aliphatic rings. The highest BCUT2D eigenvalue weighted by Gasteiger charge is 2.28. The number of hydrogen-bond donors (Lipinski definition) is 1. The molecule has 5 heterocycles. The number of aryl methyl sites for hydroxylation is 1. The summed E-state index contributed by atoms with van der Waals surface area (Å²) in [4.78, 5) is 8.52. The lowest BCUT2D eigenvalue weighted by molar-refractivity contribution is 0.150. The molecule has 26 heavy (non-hydrogen) atoms. The fourth-order valence-electron chi connectivity index (χ4n) is 3.28. The molecule has 0 fully saturated rings. The van der Waals surface area contributed by atoms with Crippen LogP contribution in [0.15, 0.2) is 36.8 Å². The van der Waals surface area contributed by atoms with Gasteiger partial charge in [-0.15, -0.1) is 0 Å². The highest BCUT2D eigenvalue weighted by molar-refractivity contribution is 5.98. The quantitative estimate of drug-likeness (QED) is 0.600. The molecular weight excluding hydrogens is 335 g/mol. The minimum atomic E-state index is -0.384. The predicted molar refractivity (Wildman–Crippen MR) is 93.0 cm³/mol. The second-order valence-electron chi connectivity index (χ2n) is 6.32. The van der Waals surface area contributed by atoms with E-state index in [2.05, 4.69) is 20.2 Å². The number of H-pyrrole nitrogens is 1. The van der Waals surface area contributed by atoms with Crippen molar-refractivity contribution in [1.82, 2.24) is 29.9 Å². The summed E-state index contributed by atoms with van der Waals surface area (Å²) in [5.41, 5.74) is 3.66. The first-order valence-corrected chi connectivity index (χ1v) is 8.38. The van der Waals surface area contributed by atoms with Crippen LogP contribution in [0.4, 0.5) is 4.39 Å². The number of nitrogens with one attached hydrogen (secondary N) is 1. The van der Waals surface area contributed by atoms with Crippen molar-refractivity contribution in [1.29, 1.82) is 0 Å². The van der Waals surface area contributed by atoms with E-state index in [1.807, 2.05) is 17.7 Å². The summed E-state index contributed by atoms with van der Waals surface area (Å²) in [6.45, 7) is 2.79. The maximum Gasteiger partial charge on any atom is 0.220 e. The number of halogens is 1.